The fourth-order valence-corrected chi connectivity index (χ4v) is 1.63. The van der Waals surface area contributed by atoms with Gasteiger partial charge in [-0.25, -0.2) is 4.79 Å². The number of esters is 1. The molecule has 0 saturated carbocycles. The molecule has 0 aliphatic carbocycles. The summed E-state index contributed by atoms with van der Waals surface area (Å²) >= 11 is 1.43. The van der Waals surface area contributed by atoms with Gasteiger partial charge in [0.25, 0.3) is 5.91 Å². The van der Waals surface area contributed by atoms with Gasteiger partial charge >= 0.3 is 12.0 Å². The van der Waals surface area contributed by atoms with Gasteiger partial charge in [-0.15, -0.1) is 11.8 Å². The Morgan fingerprint density at radius 3 is 2.05 bits per heavy atom. The van der Waals surface area contributed by atoms with Crippen molar-refractivity contribution in [3.63, 3.8) is 0 Å². The number of hydrogen-bond donors (Lipinski definition) is 2. The van der Waals surface area contributed by atoms with Gasteiger partial charge in [0.1, 0.15) is 0 Å². The monoisotopic (exact) mass is 304 g/mol. The maximum absolute atomic E-state index is 11.4. The molecule has 116 valence electrons. The average molecular weight is 304 g/mol. The molecule has 0 saturated heterocycles. The molecule has 0 spiro atoms. The second-order valence-electron chi connectivity index (χ2n) is 6.31. The largest absolute Gasteiger partial charge is 0.455 e. The highest BCUT2D eigenvalue weighted by Crippen LogP contribution is 2.22. The number of hydrogen-bond acceptors (Lipinski definition) is 5. The Balaban J connectivity index is 3.94. The summed E-state index contributed by atoms with van der Waals surface area (Å²) in [6, 6.07) is -0.609. The Bertz CT molecular complexity index is 370. The first kappa shape index (κ1) is 18.8. The first-order chi connectivity index (χ1) is 8.89. The first-order valence-electron chi connectivity index (χ1n) is 6.31. The van der Waals surface area contributed by atoms with Crippen LogP contribution in [0.1, 0.15) is 41.5 Å². The molecule has 0 rings (SSSR count). The maximum atomic E-state index is 11.4. The number of urea groups is 1. The third-order valence-corrected chi connectivity index (χ3v) is 2.97. The van der Waals surface area contributed by atoms with Crippen LogP contribution in [0.4, 0.5) is 4.79 Å². The number of thioether (sulfide) groups is 1. The van der Waals surface area contributed by atoms with Crippen LogP contribution in [-0.4, -0.2) is 40.6 Å². The molecule has 3 amide bonds. The lowest BCUT2D eigenvalue weighted by atomic mass is 10.1. The minimum absolute atomic E-state index is 0.0477. The fourth-order valence-electron chi connectivity index (χ4n) is 0.998. The predicted molar refractivity (Wildman–Crippen MR) is 79.6 cm³/mol. The van der Waals surface area contributed by atoms with Crippen LogP contribution in [0.25, 0.3) is 0 Å². The lowest BCUT2D eigenvalue weighted by molar-refractivity contribution is -0.145. The van der Waals surface area contributed by atoms with Crippen LogP contribution in [0.2, 0.25) is 0 Å². The zero-order valence-electron chi connectivity index (χ0n) is 13.0. The normalized spacial score (nSPS) is 11.7. The molecule has 7 heteroatoms. The number of carbonyl (C=O) groups is 3. The van der Waals surface area contributed by atoms with Crippen LogP contribution in [0.5, 0.6) is 0 Å². The number of imide groups is 1. The molecule has 0 aromatic heterocycles. The summed E-state index contributed by atoms with van der Waals surface area (Å²) in [5.74, 6) is -0.956. The van der Waals surface area contributed by atoms with Crippen molar-refractivity contribution in [2.24, 2.45) is 0 Å². The Kier molecular flexibility index (Phi) is 7.05. The summed E-state index contributed by atoms with van der Waals surface area (Å²) in [6.45, 7) is 10.9. The number of carbonyl (C=O) groups excluding carboxylic acids is 3. The summed E-state index contributed by atoms with van der Waals surface area (Å²) in [6.07, 6.45) is 0. The third kappa shape index (κ3) is 11.8. The molecule has 0 fully saturated rings. The van der Waals surface area contributed by atoms with E-state index in [1.54, 1.807) is 20.8 Å². The SMILES string of the molecule is CC(C)(C)NC(=O)NC(=O)COC(=O)CSC(C)(C)C. The van der Waals surface area contributed by atoms with Crippen LogP contribution in [-0.2, 0) is 14.3 Å². The summed E-state index contributed by atoms with van der Waals surface area (Å²) in [4.78, 5) is 34.2. The van der Waals surface area contributed by atoms with Gasteiger partial charge in [0.05, 0.1) is 5.75 Å². The van der Waals surface area contributed by atoms with Crippen molar-refractivity contribution in [1.29, 1.82) is 0 Å². The van der Waals surface area contributed by atoms with Gasteiger partial charge in [-0.05, 0) is 20.8 Å². The highest BCUT2D eigenvalue weighted by Gasteiger charge is 2.17. The van der Waals surface area contributed by atoms with Crippen molar-refractivity contribution in [2.45, 2.75) is 51.8 Å². The summed E-state index contributed by atoms with van der Waals surface area (Å²) < 4.78 is 4.73. The predicted octanol–water partition coefficient (Wildman–Crippen LogP) is 1.69. The van der Waals surface area contributed by atoms with Crippen LogP contribution in [0, 0.1) is 0 Å². The lowest BCUT2D eigenvalue weighted by Crippen LogP contribution is -2.49. The van der Waals surface area contributed by atoms with E-state index in [9.17, 15) is 14.4 Å². The minimum Gasteiger partial charge on any atom is -0.455 e. The minimum atomic E-state index is -0.652. The van der Waals surface area contributed by atoms with Gasteiger partial charge in [0.15, 0.2) is 6.61 Å². The Morgan fingerprint density at radius 1 is 1.05 bits per heavy atom. The van der Waals surface area contributed by atoms with Gasteiger partial charge < -0.3 is 10.1 Å². The van der Waals surface area contributed by atoms with Crippen LogP contribution in [0.3, 0.4) is 0 Å². The van der Waals surface area contributed by atoms with E-state index >= 15 is 0 Å². The van der Waals surface area contributed by atoms with Gasteiger partial charge in [0, 0.05) is 10.3 Å². The van der Waals surface area contributed by atoms with Crippen LogP contribution in [0.15, 0.2) is 0 Å². The van der Waals surface area contributed by atoms with Crippen LogP contribution >= 0.6 is 11.8 Å². The van der Waals surface area contributed by atoms with Gasteiger partial charge in [-0.3, -0.25) is 14.9 Å². The van der Waals surface area contributed by atoms with Crippen LogP contribution < -0.4 is 10.6 Å². The van der Waals surface area contributed by atoms with Gasteiger partial charge in [-0.1, -0.05) is 20.8 Å². The average Bonchev–Trinajstić information content (AvgIpc) is 2.19. The van der Waals surface area contributed by atoms with Gasteiger partial charge in [-0.2, -0.15) is 0 Å². The molecular weight excluding hydrogens is 280 g/mol. The number of rotatable bonds is 4. The molecule has 0 aliphatic rings. The second kappa shape index (κ2) is 7.52. The lowest BCUT2D eigenvalue weighted by Gasteiger charge is -2.20. The molecule has 0 heterocycles. The number of ether oxygens (including phenoxy) is 1. The zero-order chi connectivity index (χ0) is 16.0. The molecule has 0 atom stereocenters. The van der Waals surface area contributed by atoms with Crippen molar-refractivity contribution in [3.8, 4) is 0 Å². The van der Waals surface area contributed by atoms with E-state index in [1.807, 2.05) is 20.8 Å². The zero-order valence-corrected chi connectivity index (χ0v) is 13.8. The van der Waals surface area contributed by atoms with E-state index in [-0.39, 0.29) is 10.5 Å². The fraction of sp³-hybridized carbons (Fsp3) is 0.769. The van der Waals surface area contributed by atoms with Crippen molar-refractivity contribution in [2.75, 3.05) is 12.4 Å². The third-order valence-electron chi connectivity index (χ3n) is 1.73. The van der Waals surface area contributed by atoms with Crippen molar-refractivity contribution < 1.29 is 19.1 Å². The van der Waals surface area contributed by atoms with E-state index in [1.165, 1.54) is 11.8 Å². The van der Waals surface area contributed by atoms with E-state index in [2.05, 4.69) is 10.6 Å². The molecule has 0 bridgehead atoms. The quantitative estimate of drug-likeness (QED) is 0.772. The Labute approximate surface area is 124 Å². The van der Waals surface area contributed by atoms with E-state index < -0.39 is 30.1 Å². The van der Waals surface area contributed by atoms with E-state index in [0.29, 0.717) is 0 Å². The smallest absolute Gasteiger partial charge is 0.321 e. The number of nitrogens with one attached hydrogen (secondary N) is 2. The molecular formula is C13H24N2O4S. The van der Waals surface area contributed by atoms with Gasteiger partial charge in [0.2, 0.25) is 0 Å². The molecule has 0 aliphatic heterocycles. The molecule has 0 radical (unpaired) electrons. The summed E-state index contributed by atoms with van der Waals surface area (Å²) in [5, 5.41) is 4.66. The Hall–Kier alpha value is -1.24. The molecule has 2 N–H and O–H groups in total. The molecule has 6 nitrogen and oxygen atoms in total. The molecule has 20 heavy (non-hydrogen) atoms. The second-order valence-corrected chi connectivity index (χ2v) is 8.12. The topological polar surface area (TPSA) is 84.5 Å². The molecule has 0 aromatic rings. The standard InChI is InChI=1S/C13H24N2O4S/c1-12(2,3)15-11(18)14-9(16)7-19-10(17)8-20-13(4,5)6/h7-8H2,1-6H3,(H2,14,15,16,18). The highest BCUT2D eigenvalue weighted by molar-refractivity contribution is 8.01. The summed E-state index contributed by atoms with van der Waals surface area (Å²) in [5.41, 5.74) is -0.440. The van der Waals surface area contributed by atoms with Crippen molar-refractivity contribution in [1.82, 2.24) is 10.6 Å². The highest BCUT2D eigenvalue weighted by atomic mass is 32.2. The van der Waals surface area contributed by atoms with E-state index in [0.717, 1.165) is 0 Å². The Morgan fingerprint density at radius 2 is 1.60 bits per heavy atom. The van der Waals surface area contributed by atoms with Crippen molar-refractivity contribution in [3.05, 3.63) is 0 Å². The number of amides is 3. The molecule has 0 unspecified atom stereocenters. The molecule has 0 aromatic carbocycles. The summed E-state index contributed by atoms with van der Waals surface area (Å²) in [7, 11) is 0. The van der Waals surface area contributed by atoms with E-state index in [4.69, 9.17) is 4.74 Å². The first-order valence-corrected chi connectivity index (χ1v) is 7.29. The van der Waals surface area contributed by atoms with Crippen molar-refractivity contribution >= 4 is 29.7 Å². The maximum Gasteiger partial charge on any atom is 0.321 e.